The largest absolute Gasteiger partial charge is 0.494 e. The van der Waals surface area contributed by atoms with E-state index < -0.39 is 10.0 Å². The van der Waals surface area contributed by atoms with Crippen molar-refractivity contribution in [1.82, 2.24) is 4.31 Å². The maximum Gasteiger partial charge on any atom is 0.258 e. The number of nitriles is 1. The number of ether oxygens (including phenoxy) is 2. The van der Waals surface area contributed by atoms with E-state index in [1.165, 1.54) is 33.5 Å². The zero-order chi connectivity index (χ0) is 24.0. The first-order valence-electron chi connectivity index (χ1n) is 10.9. The van der Waals surface area contributed by atoms with Gasteiger partial charge in [-0.3, -0.25) is 4.79 Å². The molecule has 0 spiro atoms. The van der Waals surface area contributed by atoms with Gasteiger partial charge in [-0.05, 0) is 69.3 Å². The van der Waals surface area contributed by atoms with E-state index in [0.29, 0.717) is 23.6 Å². The Hall–Kier alpha value is -2.93. The molecule has 1 aliphatic rings. The second-order valence-electron chi connectivity index (χ2n) is 7.90. The maximum absolute atomic E-state index is 13.2. The average molecular weight is 472 g/mol. The van der Waals surface area contributed by atoms with Gasteiger partial charge in [-0.25, -0.2) is 8.42 Å². The van der Waals surface area contributed by atoms with Crippen molar-refractivity contribution in [2.24, 2.45) is 0 Å². The van der Waals surface area contributed by atoms with E-state index in [1.807, 2.05) is 20.8 Å². The Kier molecular flexibility index (Phi) is 8.08. The smallest absolute Gasteiger partial charge is 0.258 e. The number of sulfonamides is 1. The summed E-state index contributed by atoms with van der Waals surface area (Å²) >= 11 is 0. The monoisotopic (exact) mass is 471 g/mol. The molecule has 1 heterocycles. The van der Waals surface area contributed by atoms with E-state index in [1.54, 1.807) is 24.3 Å². The molecule has 9 heteroatoms. The van der Waals surface area contributed by atoms with Gasteiger partial charge in [0.25, 0.3) is 5.91 Å². The molecule has 8 nitrogen and oxygen atoms in total. The number of amides is 1. The van der Waals surface area contributed by atoms with Crippen LogP contribution < -0.4 is 9.64 Å². The van der Waals surface area contributed by atoms with Crippen LogP contribution in [0.15, 0.2) is 53.4 Å². The van der Waals surface area contributed by atoms with Crippen molar-refractivity contribution in [3.05, 3.63) is 54.1 Å². The topological polar surface area (TPSA) is 99.9 Å². The standard InChI is InChI=1S/C24H29N3O5S/c1-4-31-22-10-8-21(9-11-22)27(15-5-14-25)24(28)20-6-12-23(13-7-20)33(29,30)26-16-18(2)32-19(3)17-26/h6-13,18-19H,4-5,15-17H2,1-3H3. The van der Waals surface area contributed by atoms with E-state index in [9.17, 15) is 13.2 Å². The molecule has 1 aliphatic heterocycles. The van der Waals surface area contributed by atoms with Gasteiger partial charge in [0.2, 0.25) is 10.0 Å². The molecule has 1 amide bonds. The summed E-state index contributed by atoms with van der Waals surface area (Å²) in [6.45, 7) is 6.90. The van der Waals surface area contributed by atoms with Gasteiger partial charge >= 0.3 is 0 Å². The van der Waals surface area contributed by atoms with Crippen molar-refractivity contribution in [2.75, 3.05) is 31.1 Å². The molecule has 176 valence electrons. The third kappa shape index (κ3) is 5.90. The normalized spacial score (nSPS) is 19.0. The van der Waals surface area contributed by atoms with Gasteiger partial charge in [-0.15, -0.1) is 0 Å². The molecule has 0 N–H and O–H groups in total. The Labute approximate surface area is 195 Å². The fourth-order valence-electron chi connectivity index (χ4n) is 3.80. The number of nitrogens with zero attached hydrogens (tertiary/aromatic N) is 3. The summed E-state index contributed by atoms with van der Waals surface area (Å²) in [4.78, 5) is 14.9. The first-order valence-corrected chi connectivity index (χ1v) is 12.4. The van der Waals surface area contributed by atoms with Crippen molar-refractivity contribution in [3.63, 3.8) is 0 Å². The van der Waals surface area contributed by atoms with Gasteiger partial charge in [0, 0.05) is 30.9 Å². The van der Waals surface area contributed by atoms with Crippen molar-refractivity contribution >= 4 is 21.6 Å². The number of benzene rings is 2. The zero-order valence-corrected chi connectivity index (χ0v) is 19.9. The van der Waals surface area contributed by atoms with Crippen LogP contribution in [0.1, 0.15) is 37.6 Å². The average Bonchev–Trinajstić information content (AvgIpc) is 2.80. The molecular formula is C24H29N3O5S. The number of carbonyl (C=O) groups excluding carboxylic acids is 1. The Morgan fingerprint density at radius 1 is 1.12 bits per heavy atom. The maximum atomic E-state index is 13.2. The third-order valence-electron chi connectivity index (χ3n) is 5.28. The Bertz CT molecular complexity index is 1080. The molecule has 0 saturated carbocycles. The summed E-state index contributed by atoms with van der Waals surface area (Å²) < 4.78 is 38.6. The summed E-state index contributed by atoms with van der Waals surface area (Å²) in [5.41, 5.74) is 0.969. The van der Waals surface area contributed by atoms with Gasteiger partial charge in [0.1, 0.15) is 5.75 Å². The minimum atomic E-state index is -3.70. The number of rotatable bonds is 8. The quantitative estimate of drug-likeness (QED) is 0.585. The SMILES string of the molecule is CCOc1ccc(N(CCC#N)C(=O)c2ccc(S(=O)(=O)N3CC(C)OC(C)C3)cc2)cc1. The Balaban J connectivity index is 1.82. The Morgan fingerprint density at radius 3 is 2.27 bits per heavy atom. The van der Waals surface area contributed by atoms with Crippen LogP contribution in [-0.2, 0) is 14.8 Å². The number of anilines is 1. The molecule has 0 radical (unpaired) electrons. The van der Waals surface area contributed by atoms with Gasteiger partial charge in [-0.1, -0.05) is 0 Å². The fraction of sp³-hybridized carbons (Fsp3) is 0.417. The van der Waals surface area contributed by atoms with Crippen LogP contribution >= 0.6 is 0 Å². The lowest BCUT2D eigenvalue weighted by Crippen LogP contribution is -2.48. The second kappa shape index (κ2) is 10.8. The minimum Gasteiger partial charge on any atom is -0.494 e. The lowest BCUT2D eigenvalue weighted by atomic mass is 10.1. The molecule has 0 aromatic heterocycles. The second-order valence-corrected chi connectivity index (χ2v) is 9.83. The number of carbonyl (C=O) groups is 1. The highest BCUT2D eigenvalue weighted by molar-refractivity contribution is 7.89. The zero-order valence-electron chi connectivity index (χ0n) is 19.1. The first kappa shape index (κ1) is 24.7. The predicted molar refractivity (Wildman–Crippen MR) is 125 cm³/mol. The summed E-state index contributed by atoms with van der Waals surface area (Å²) in [5, 5.41) is 9.03. The molecule has 0 aliphatic carbocycles. The minimum absolute atomic E-state index is 0.130. The summed E-state index contributed by atoms with van der Waals surface area (Å²) in [5.74, 6) is 0.377. The van der Waals surface area contributed by atoms with Gasteiger partial charge < -0.3 is 14.4 Å². The summed E-state index contributed by atoms with van der Waals surface area (Å²) in [7, 11) is -3.70. The van der Waals surface area contributed by atoms with Crippen LogP contribution in [0, 0.1) is 11.3 Å². The van der Waals surface area contributed by atoms with Crippen LogP contribution in [0.4, 0.5) is 5.69 Å². The fourth-order valence-corrected chi connectivity index (χ4v) is 5.39. The number of hydrogen-bond acceptors (Lipinski definition) is 6. The van der Waals surface area contributed by atoms with Crippen LogP contribution in [0.5, 0.6) is 5.75 Å². The van der Waals surface area contributed by atoms with Crippen molar-refractivity contribution in [2.45, 2.75) is 44.3 Å². The van der Waals surface area contributed by atoms with Crippen LogP contribution in [0.2, 0.25) is 0 Å². The van der Waals surface area contributed by atoms with E-state index in [2.05, 4.69) is 6.07 Å². The molecule has 2 aromatic rings. The van der Waals surface area contributed by atoms with Gasteiger partial charge in [0.15, 0.2) is 0 Å². The molecule has 3 rings (SSSR count). The van der Waals surface area contributed by atoms with E-state index in [0.717, 1.165) is 0 Å². The number of hydrogen-bond donors (Lipinski definition) is 0. The molecule has 2 aromatic carbocycles. The van der Waals surface area contributed by atoms with Crippen molar-refractivity contribution < 1.29 is 22.7 Å². The number of morpholine rings is 1. The summed E-state index contributed by atoms with van der Waals surface area (Å²) in [6.07, 6.45) is -0.210. The highest BCUT2D eigenvalue weighted by atomic mass is 32.2. The van der Waals surface area contributed by atoms with E-state index in [4.69, 9.17) is 14.7 Å². The highest BCUT2D eigenvalue weighted by Crippen LogP contribution is 2.24. The van der Waals surface area contributed by atoms with Crippen molar-refractivity contribution in [3.8, 4) is 11.8 Å². The van der Waals surface area contributed by atoms with Gasteiger partial charge in [0.05, 0.1) is 36.2 Å². The third-order valence-corrected chi connectivity index (χ3v) is 7.12. The molecular weight excluding hydrogens is 442 g/mol. The van der Waals surface area contributed by atoms with Crippen LogP contribution in [0.3, 0.4) is 0 Å². The highest BCUT2D eigenvalue weighted by Gasteiger charge is 2.32. The lowest BCUT2D eigenvalue weighted by molar-refractivity contribution is -0.0440. The van der Waals surface area contributed by atoms with Crippen molar-refractivity contribution in [1.29, 1.82) is 5.26 Å². The van der Waals surface area contributed by atoms with Crippen LogP contribution in [0.25, 0.3) is 0 Å². The van der Waals surface area contributed by atoms with E-state index >= 15 is 0 Å². The first-order chi connectivity index (χ1) is 15.8. The van der Waals surface area contributed by atoms with Gasteiger partial charge in [-0.2, -0.15) is 9.57 Å². The van der Waals surface area contributed by atoms with Crippen LogP contribution in [-0.4, -0.2) is 57.1 Å². The predicted octanol–water partition coefficient (Wildman–Crippen LogP) is 3.44. The Morgan fingerprint density at radius 2 is 1.73 bits per heavy atom. The molecule has 1 saturated heterocycles. The molecule has 1 fully saturated rings. The molecule has 0 bridgehead atoms. The summed E-state index contributed by atoms with van der Waals surface area (Å²) in [6, 6.07) is 15.1. The lowest BCUT2D eigenvalue weighted by Gasteiger charge is -2.34. The van der Waals surface area contributed by atoms with E-state index in [-0.39, 0.29) is 49.1 Å². The molecule has 2 atom stereocenters. The molecule has 33 heavy (non-hydrogen) atoms. The molecule has 2 unspecified atom stereocenters.